The normalized spacial score (nSPS) is 12.6. The molecular formula is C16H25BrFN. The van der Waals surface area contributed by atoms with E-state index < -0.39 is 0 Å². The van der Waals surface area contributed by atoms with Crippen LogP contribution < -0.4 is 5.32 Å². The third-order valence-electron chi connectivity index (χ3n) is 3.38. The fourth-order valence-electron chi connectivity index (χ4n) is 2.35. The second-order valence-electron chi connectivity index (χ2n) is 4.98. The maximum absolute atomic E-state index is 13.1. The molecule has 0 aliphatic heterocycles. The lowest BCUT2D eigenvalue weighted by Crippen LogP contribution is -2.21. The van der Waals surface area contributed by atoms with E-state index in [0.717, 1.165) is 17.4 Å². The maximum atomic E-state index is 13.1. The molecule has 0 saturated heterocycles. The van der Waals surface area contributed by atoms with Crippen molar-refractivity contribution in [3.8, 4) is 0 Å². The van der Waals surface area contributed by atoms with Gasteiger partial charge in [-0.05, 0) is 30.7 Å². The van der Waals surface area contributed by atoms with Crippen LogP contribution in [0.25, 0.3) is 0 Å². The molecule has 1 nitrogen and oxygen atoms in total. The number of benzene rings is 1. The van der Waals surface area contributed by atoms with Gasteiger partial charge in [-0.25, -0.2) is 4.39 Å². The second-order valence-corrected chi connectivity index (χ2v) is 5.83. The zero-order chi connectivity index (χ0) is 14.1. The van der Waals surface area contributed by atoms with Crippen molar-refractivity contribution in [1.29, 1.82) is 0 Å². The highest BCUT2D eigenvalue weighted by atomic mass is 79.9. The summed E-state index contributed by atoms with van der Waals surface area (Å²) < 4.78 is 14.0. The zero-order valence-corrected chi connectivity index (χ0v) is 13.6. The third-order valence-corrected chi connectivity index (χ3v) is 4.07. The second kappa shape index (κ2) is 9.49. The summed E-state index contributed by atoms with van der Waals surface area (Å²) in [5.41, 5.74) is 1.17. The highest BCUT2D eigenvalue weighted by Crippen LogP contribution is 2.28. The summed E-state index contributed by atoms with van der Waals surface area (Å²) in [5, 5.41) is 3.50. The Balaban J connectivity index is 2.55. The molecule has 1 rings (SSSR count). The van der Waals surface area contributed by atoms with Crippen molar-refractivity contribution < 1.29 is 4.39 Å². The minimum atomic E-state index is -0.186. The van der Waals surface area contributed by atoms with Crippen LogP contribution >= 0.6 is 15.9 Å². The van der Waals surface area contributed by atoms with E-state index in [0.29, 0.717) is 6.04 Å². The van der Waals surface area contributed by atoms with Gasteiger partial charge in [-0.3, -0.25) is 0 Å². The number of unbranched alkanes of at least 4 members (excludes halogenated alkanes) is 4. The molecule has 0 aromatic heterocycles. The van der Waals surface area contributed by atoms with E-state index in [1.54, 1.807) is 12.1 Å². The first-order valence-electron chi connectivity index (χ1n) is 7.37. The van der Waals surface area contributed by atoms with Crippen molar-refractivity contribution in [2.24, 2.45) is 0 Å². The first-order valence-corrected chi connectivity index (χ1v) is 8.16. The molecule has 0 saturated carbocycles. The monoisotopic (exact) mass is 329 g/mol. The Labute approximate surface area is 125 Å². The van der Waals surface area contributed by atoms with Gasteiger partial charge in [-0.2, -0.15) is 0 Å². The van der Waals surface area contributed by atoms with Crippen LogP contribution in [-0.4, -0.2) is 6.54 Å². The molecule has 3 heteroatoms. The van der Waals surface area contributed by atoms with Crippen molar-refractivity contribution in [3.63, 3.8) is 0 Å². The first kappa shape index (κ1) is 16.6. The lowest BCUT2D eigenvalue weighted by atomic mass is 9.99. The predicted octanol–water partition coefficient (Wildman–Crippen LogP) is 5.60. The Hall–Kier alpha value is -0.410. The molecule has 0 fully saturated rings. The largest absolute Gasteiger partial charge is 0.310 e. The fraction of sp³-hybridized carbons (Fsp3) is 0.625. The van der Waals surface area contributed by atoms with Crippen LogP contribution in [0.1, 0.15) is 64.0 Å². The molecule has 0 heterocycles. The third kappa shape index (κ3) is 6.05. The summed E-state index contributed by atoms with van der Waals surface area (Å²) in [6.07, 6.45) is 7.55. The summed E-state index contributed by atoms with van der Waals surface area (Å²) in [6.45, 7) is 5.28. The molecule has 0 aliphatic rings. The summed E-state index contributed by atoms with van der Waals surface area (Å²) in [7, 11) is 0. The topological polar surface area (TPSA) is 12.0 Å². The Morgan fingerprint density at radius 2 is 1.89 bits per heavy atom. The van der Waals surface area contributed by atoms with Crippen LogP contribution in [0.15, 0.2) is 22.7 Å². The quantitative estimate of drug-likeness (QED) is 0.581. The lowest BCUT2D eigenvalue weighted by molar-refractivity contribution is 0.476. The SMILES string of the molecule is CCCCCCCC(NCC)c1ccc(F)cc1Br. The van der Waals surface area contributed by atoms with Gasteiger partial charge in [0.1, 0.15) is 5.82 Å². The predicted molar refractivity (Wildman–Crippen MR) is 83.9 cm³/mol. The lowest BCUT2D eigenvalue weighted by Gasteiger charge is -2.19. The van der Waals surface area contributed by atoms with Gasteiger partial charge < -0.3 is 5.32 Å². The Morgan fingerprint density at radius 1 is 1.16 bits per heavy atom. The number of rotatable bonds is 9. The van der Waals surface area contributed by atoms with Gasteiger partial charge >= 0.3 is 0 Å². The van der Waals surface area contributed by atoms with Gasteiger partial charge in [0.25, 0.3) is 0 Å². The van der Waals surface area contributed by atoms with Crippen LogP contribution in [0, 0.1) is 5.82 Å². The van der Waals surface area contributed by atoms with Crippen LogP contribution in [0.4, 0.5) is 4.39 Å². The molecule has 1 aromatic carbocycles. The van der Waals surface area contributed by atoms with Crippen molar-refractivity contribution in [2.45, 2.75) is 58.4 Å². The van der Waals surface area contributed by atoms with Gasteiger partial charge in [0.05, 0.1) is 0 Å². The van der Waals surface area contributed by atoms with Gasteiger partial charge in [0.2, 0.25) is 0 Å². The van der Waals surface area contributed by atoms with Gasteiger partial charge in [0.15, 0.2) is 0 Å². The fourth-order valence-corrected chi connectivity index (χ4v) is 2.98. The molecule has 1 N–H and O–H groups in total. The molecule has 0 spiro atoms. The molecular weight excluding hydrogens is 305 g/mol. The highest BCUT2D eigenvalue weighted by molar-refractivity contribution is 9.10. The van der Waals surface area contributed by atoms with E-state index in [2.05, 4.69) is 35.1 Å². The Morgan fingerprint density at radius 3 is 2.53 bits per heavy atom. The van der Waals surface area contributed by atoms with Crippen molar-refractivity contribution in [3.05, 3.63) is 34.1 Å². The number of hydrogen-bond acceptors (Lipinski definition) is 1. The summed E-state index contributed by atoms with van der Waals surface area (Å²) in [6, 6.07) is 5.30. The molecule has 1 aromatic rings. The van der Waals surface area contributed by atoms with E-state index in [9.17, 15) is 4.39 Å². The van der Waals surface area contributed by atoms with E-state index in [4.69, 9.17) is 0 Å². The molecule has 1 unspecified atom stereocenters. The standard InChI is InChI=1S/C16H25BrFN/c1-3-5-6-7-8-9-16(19-4-2)14-11-10-13(18)12-15(14)17/h10-12,16,19H,3-9H2,1-2H3. The van der Waals surface area contributed by atoms with Crippen LogP contribution in [0.2, 0.25) is 0 Å². The molecule has 0 aliphatic carbocycles. The van der Waals surface area contributed by atoms with Crippen LogP contribution in [0.5, 0.6) is 0 Å². The summed E-state index contributed by atoms with van der Waals surface area (Å²) >= 11 is 3.47. The molecule has 0 radical (unpaired) electrons. The Bertz CT molecular complexity index is 368. The van der Waals surface area contributed by atoms with Crippen LogP contribution in [-0.2, 0) is 0 Å². The number of hydrogen-bond donors (Lipinski definition) is 1. The average Bonchev–Trinajstić information content (AvgIpc) is 2.38. The minimum absolute atomic E-state index is 0.186. The van der Waals surface area contributed by atoms with Crippen LogP contribution in [0.3, 0.4) is 0 Å². The van der Waals surface area contributed by atoms with Gasteiger partial charge in [-0.1, -0.05) is 67.9 Å². The average molecular weight is 330 g/mol. The number of halogens is 2. The first-order chi connectivity index (χ1) is 9.19. The Kier molecular flexibility index (Phi) is 8.31. The van der Waals surface area contributed by atoms with E-state index in [1.165, 1.54) is 37.7 Å². The van der Waals surface area contributed by atoms with Crippen molar-refractivity contribution in [1.82, 2.24) is 5.32 Å². The number of nitrogens with one attached hydrogen (secondary N) is 1. The summed E-state index contributed by atoms with van der Waals surface area (Å²) in [5.74, 6) is -0.186. The molecule has 19 heavy (non-hydrogen) atoms. The highest BCUT2D eigenvalue weighted by Gasteiger charge is 2.13. The molecule has 1 atom stereocenters. The summed E-state index contributed by atoms with van der Waals surface area (Å²) in [4.78, 5) is 0. The zero-order valence-electron chi connectivity index (χ0n) is 12.0. The van der Waals surface area contributed by atoms with Gasteiger partial charge in [-0.15, -0.1) is 0 Å². The molecule has 108 valence electrons. The van der Waals surface area contributed by atoms with Gasteiger partial charge in [0, 0.05) is 10.5 Å². The van der Waals surface area contributed by atoms with E-state index in [-0.39, 0.29) is 5.82 Å². The van der Waals surface area contributed by atoms with E-state index in [1.807, 2.05) is 6.07 Å². The van der Waals surface area contributed by atoms with Crippen molar-refractivity contribution in [2.75, 3.05) is 6.54 Å². The smallest absolute Gasteiger partial charge is 0.124 e. The minimum Gasteiger partial charge on any atom is -0.310 e. The molecule has 0 bridgehead atoms. The van der Waals surface area contributed by atoms with Crippen molar-refractivity contribution >= 4 is 15.9 Å². The molecule has 0 amide bonds. The van der Waals surface area contributed by atoms with E-state index >= 15 is 0 Å². The maximum Gasteiger partial charge on any atom is 0.124 e.